The van der Waals surface area contributed by atoms with Gasteiger partial charge in [0.05, 0.1) is 5.69 Å². The Hall–Kier alpha value is -1.11. The lowest BCUT2D eigenvalue weighted by atomic mass is 9.81. The van der Waals surface area contributed by atoms with Crippen LogP contribution < -0.4 is 0 Å². The highest BCUT2D eigenvalue weighted by molar-refractivity contribution is 5.55. The van der Waals surface area contributed by atoms with Crippen molar-refractivity contribution < 1.29 is 0 Å². The Morgan fingerprint density at radius 3 is 2.79 bits per heavy atom. The van der Waals surface area contributed by atoms with E-state index in [1.165, 1.54) is 16.8 Å². The van der Waals surface area contributed by atoms with E-state index in [0.29, 0.717) is 0 Å². The van der Waals surface area contributed by atoms with Gasteiger partial charge in [-0.3, -0.25) is 4.98 Å². The third-order valence-corrected chi connectivity index (χ3v) is 2.73. The largest absolute Gasteiger partial charge is 0.257 e. The van der Waals surface area contributed by atoms with Gasteiger partial charge in [-0.2, -0.15) is 0 Å². The van der Waals surface area contributed by atoms with E-state index in [-0.39, 0.29) is 5.41 Å². The number of hydrogen-bond acceptors (Lipinski definition) is 1. The van der Waals surface area contributed by atoms with E-state index in [2.05, 4.69) is 44.0 Å². The normalized spacial score (nSPS) is 15.4. The van der Waals surface area contributed by atoms with Gasteiger partial charge in [0.1, 0.15) is 0 Å². The fraction of sp³-hybridized carbons (Fsp3) is 0.462. The number of hydrogen-bond donors (Lipinski definition) is 0. The van der Waals surface area contributed by atoms with Crippen molar-refractivity contribution >= 4 is 6.08 Å². The summed E-state index contributed by atoms with van der Waals surface area (Å²) < 4.78 is 0. The molecule has 0 fully saturated rings. The lowest BCUT2D eigenvalue weighted by Gasteiger charge is -2.24. The van der Waals surface area contributed by atoms with Crippen LogP contribution in [0.2, 0.25) is 0 Å². The molecule has 0 aromatic carbocycles. The molecule has 1 nitrogen and oxygen atoms in total. The molecule has 1 aliphatic carbocycles. The molecule has 0 saturated carbocycles. The van der Waals surface area contributed by atoms with Gasteiger partial charge in [0, 0.05) is 6.20 Å². The Kier molecular flexibility index (Phi) is 2.18. The van der Waals surface area contributed by atoms with Gasteiger partial charge < -0.3 is 0 Å². The van der Waals surface area contributed by atoms with Crippen LogP contribution in [0.3, 0.4) is 0 Å². The lowest BCUT2D eigenvalue weighted by molar-refractivity contribution is 0.580. The van der Waals surface area contributed by atoms with Crippen molar-refractivity contribution in [3.05, 3.63) is 35.2 Å². The molecule has 0 radical (unpaired) electrons. The molecule has 0 atom stereocenters. The molecular weight excluding hydrogens is 170 g/mol. The minimum absolute atomic E-state index is 0.234. The van der Waals surface area contributed by atoms with Crippen LogP contribution in [-0.2, 0) is 11.8 Å². The van der Waals surface area contributed by atoms with E-state index in [4.69, 9.17) is 0 Å². The maximum atomic E-state index is 4.41. The smallest absolute Gasteiger partial charge is 0.0661 e. The van der Waals surface area contributed by atoms with Gasteiger partial charge in [-0.1, -0.05) is 26.8 Å². The summed E-state index contributed by atoms with van der Waals surface area (Å²) in [4.78, 5) is 4.41. The van der Waals surface area contributed by atoms with Gasteiger partial charge in [0.15, 0.2) is 0 Å². The molecule has 1 heterocycles. The van der Waals surface area contributed by atoms with E-state index in [9.17, 15) is 0 Å². The van der Waals surface area contributed by atoms with Crippen molar-refractivity contribution in [1.82, 2.24) is 4.98 Å². The Labute approximate surface area is 85.9 Å². The van der Waals surface area contributed by atoms with Crippen LogP contribution in [0.4, 0.5) is 0 Å². The predicted octanol–water partition coefficient (Wildman–Crippen LogP) is 3.34. The van der Waals surface area contributed by atoms with Gasteiger partial charge >= 0.3 is 0 Å². The Balaban J connectivity index is 2.57. The third-order valence-electron chi connectivity index (χ3n) is 2.73. The second kappa shape index (κ2) is 3.23. The molecule has 1 aromatic rings. The van der Waals surface area contributed by atoms with Crippen LogP contribution in [-0.4, -0.2) is 4.98 Å². The van der Waals surface area contributed by atoms with E-state index >= 15 is 0 Å². The van der Waals surface area contributed by atoms with Gasteiger partial charge in [0.25, 0.3) is 0 Å². The first-order valence-corrected chi connectivity index (χ1v) is 5.24. The summed E-state index contributed by atoms with van der Waals surface area (Å²) in [5, 5.41) is 0. The SMILES string of the molecule is CC(C)(C)c1ccnc2c1CCC=C2. The molecule has 74 valence electrons. The molecule has 1 aromatic heterocycles. The summed E-state index contributed by atoms with van der Waals surface area (Å²) in [7, 11) is 0. The van der Waals surface area contributed by atoms with Crippen LogP contribution in [0.15, 0.2) is 18.3 Å². The van der Waals surface area contributed by atoms with Crippen molar-refractivity contribution in [1.29, 1.82) is 0 Å². The van der Waals surface area contributed by atoms with E-state index in [0.717, 1.165) is 12.8 Å². The predicted molar refractivity (Wildman–Crippen MR) is 60.3 cm³/mol. The highest BCUT2D eigenvalue weighted by Gasteiger charge is 2.20. The van der Waals surface area contributed by atoms with E-state index in [1.54, 1.807) is 0 Å². The van der Waals surface area contributed by atoms with Crippen LogP contribution in [0.1, 0.15) is 44.0 Å². The minimum atomic E-state index is 0.234. The van der Waals surface area contributed by atoms with Crippen molar-refractivity contribution in [2.75, 3.05) is 0 Å². The van der Waals surface area contributed by atoms with Gasteiger partial charge in [-0.15, -0.1) is 0 Å². The molecule has 1 heteroatoms. The second-order valence-electron chi connectivity index (χ2n) is 4.91. The molecule has 2 rings (SSSR count). The Morgan fingerprint density at radius 1 is 1.29 bits per heavy atom. The highest BCUT2D eigenvalue weighted by Crippen LogP contribution is 2.30. The average Bonchev–Trinajstić information content (AvgIpc) is 2.15. The van der Waals surface area contributed by atoms with Crippen molar-refractivity contribution in [3.8, 4) is 0 Å². The second-order valence-corrected chi connectivity index (χ2v) is 4.91. The molecule has 14 heavy (non-hydrogen) atoms. The molecule has 0 N–H and O–H groups in total. The molecule has 1 aliphatic rings. The number of aromatic nitrogens is 1. The van der Waals surface area contributed by atoms with Crippen molar-refractivity contribution in [2.24, 2.45) is 0 Å². The monoisotopic (exact) mass is 187 g/mol. The van der Waals surface area contributed by atoms with Crippen LogP contribution in [0, 0.1) is 0 Å². The molecule has 0 spiro atoms. The van der Waals surface area contributed by atoms with Gasteiger partial charge in [0.2, 0.25) is 0 Å². The maximum Gasteiger partial charge on any atom is 0.0661 e. The number of rotatable bonds is 0. The maximum absolute atomic E-state index is 4.41. The van der Waals surface area contributed by atoms with Crippen LogP contribution in [0.25, 0.3) is 6.08 Å². The first kappa shape index (κ1) is 9.45. The topological polar surface area (TPSA) is 12.9 Å². The average molecular weight is 187 g/mol. The summed E-state index contributed by atoms with van der Waals surface area (Å²) in [6.07, 6.45) is 8.58. The number of fused-ring (bicyclic) bond motifs is 1. The van der Waals surface area contributed by atoms with Crippen molar-refractivity contribution in [2.45, 2.75) is 39.0 Å². The zero-order valence-electron chi connectivity index (χ0n) is 9.17. The van der Waals surface area contributed by atoms with E-state index in [1.807, 2.05) is 6.20 Å². The fourth-order valence-electron chi connectivity index (χ4n) is 2.04. The molecule has 0 unspecified atom stereocenters. The summed E-state index contributed by atoms with van der Waals surface area (Å²) in [6, 6.07) is 2.16. The van der Waals surface area contributed by atoms with Crippen LogP contribution >= 0.6 is 0 Å². The molecule has 0 saturated heterocycles. The summed E-state index contributed by atoms with van der Waals surface area (Å²) in [5.74, 6) is 0. The number of allylic oxidation sites excluding steroid dienone is 1. The quantitative estimate of drug-likeness (QED) is 0.607. The Morgan fingerprint density at radius 2 is 2.07 bits per heavy atom. The molecule has 0 amide bonds. The van der Waals surface area contributed by atoms with Gasteiger partial charge in [-0.05, 0) is 41.5 Å². The first-order valence-electron chi connectivity index (χ1n) is 5.24. The summed E-state index contributed by atoms with van der Waals surface area (Å²) in [6.45, 7) is 6.79. The Bertz CT molecular complexity index is 369. The first-order chi connectivity index (χ1) is 6.59. The molecule has 0 aliphatic heterocycles. The summed E-state index contributed by atoms with van der Waals surface area (Å²) >= 11 is 0. The zero-order chi connectivity index (χ0) is 10.2. The minimum Gasteiger partial charge on any atom is -0.257 e. The molecule has 0 bridgehead atoms. The van der Waals surface area contributed by atoms with Crippen molar-refractivity contribution in [3.63, 3.8) is 0 Å². The lowest BCUT2D eigenvalue weighted by Crippen LogP contribution is -2.16. The van der Waals surface area contributed by atoms with Crippen LogP contribution in [0.5, 0.6) is 0 Å². The number of pyridine rings is 1. The molecular formula is C13H17N. The van der Waals surface area contributed by atoms with E-state index < -0.39 is 0 Å². The fourth-order valence-corrected chi connectivity index (χ4v) is 2.04. The standard InChI is InChI=1S/C13H17N/c1-13(2,3)11-8-9-14-12-7-5-4-6-10(11)12/h5,7-9H,4,6H2,1-3H3. The zero-order valence-corrected chi connectivity index (χ0v) is 9.17. The summed E-state index contributed by atoms with van der Waals surface area (Å²) in [5.41, 5.74) is 4.30. The number of nitrogens with zero attached hydrogens (tertiary/aromatic N) is 1. The highest BCUT2D eigenvalue weighted by atomic mass is 14.7. The van der Waals surface area contributed by atoms with Gasteiger partial charge in [-0.25, -0.2) is 0 Å². The third kappa shape index (κ3) is 1.59.